The van der Waals surface area contributed by atoms with Gasteiger partial charge in [0.2, 0.25) is 0 Å². The van der Waals surface area contributed by atoms with E-state index >= 15 is 0 Å². The van der Waals surface area contributed by atoms with Crippen LogP contribution in [0, 0.1) is 6.92 Å². The second-order valence-electron chi connectivity index (χ2n) is 4.08. The molecule has 0 saturated heterocycles. The molecule has 0 aromatic carbocycles. The van der Waals surface area contributed by atoms with Gasteiger partial charge in [0.25, 0.3) is 0 Å². The molecule has 0 aliphatic rings. The highest BCUT2D eigenvalue weighted by molar-refractivity contribution is 6.30. The average Bonchev–Trinajstić information content (AvgIpc) is 2.85. The molecule has 0 unspecified atom stereocenters. The molecule has 0 radical (unpaired) electrons. The van der Waals surface area contributed by atoms with E-state index in [1.807, 2.05) is 6.92 Å². The van der Waals surface area contributed by atoms with Crippen molar-refractivity contribution < 1.29 is 0 Å². The van der Waals surface area contributed by atoms with Crippen LogP contribution in [0.25, 0.3) is 0 Å². The molecule has 2 heterocycles. The van der Waals surface area contributed by atoms with E-state index in [0.717, 1.165) is 35.7 Å². The summed E-state index contributed by atoms with van der Waals surface area (Å²) in [6, 6.07) is 0. The second kappa shape index (κ2) is 5.82. The van der Waals surface area contributed by atoms with Gasteiger partial charge in [0.1, 0.15) is 16.8 Å². The zero-order chi connectivity index (χ0) is 13.0. The van der Waals surface area contributed by atoms with Gasteiger partial charge in [-0.3, -0.25) is 0 Å². The predicted molar refractivity (Wildman–Crippen MR) is 71.7 cm³/mol. The van der Waals surface area contributed by atoms with Crippen molar-refractivity contribution in [2.24, 2.45) is 0 Å². The van der Waals surface area contributed by atoms with E-state index in [1.54, 1.807) is 12.5 Å². The first-order chi connectivity index (χ1) is 8.70. The summed E-state index contributed by atoms with van der Waals surface area (Å²) < 4.78 is 0. The Morgan fingerprint density at radius 2 is 2.22 bits per heavy atom. The van der Waals surface area contributed by atoms with Gasteiger partial charge in [-0.05, 0) is 13.3 Å². The fourth-order valence-electron chi connectivity index (χ4n) is 1.60. The molecule has 0 amide bonds. The number of aryl methyl sites for hydroxylation is 1. The highest BCUT2D eigenvalue weighted by Crippen LogP contribution is 2.20. The Morgan fingerprint density at radius 1 is 1.39 bits per heavy atom. The number of rotatable bonds is 5. The van der Waals surface area contributed by atoms with Gasteiger partial charge >= 0.3 is 0 Å². The third kappa shape index (κ3) is 2.98. The van der Waals surface area contributed by atoms with Crippen molar-refractivity contribution in [2.75, 3.05) is 5.32 Å². The molecule has 18 heavy (non-hydrogen) atoms. The highest BCUT2D eigenvalue weighted by atomic mass is 35.5. The molecule has 0 spiro atoms. The second-order valence-corrected chi connectivity index (χ2v) is 4.44. The van der Waals surface area contributed by atoms with Crippen molar-refractivity contribution >= 4 is 17.4 Å². The van der Waals surface area contributed by atoms with Gasteiger partial charge in [0.15, 0.2) is 0 Å². The van der Waals surface area contributed by atoms with E-state index in [4.69, 9.17) is 11.6 Å². The first-order valence-corrected chi connectivity index (χ1v) is 6.32. The third-order valence-electron chi connectivity index (χ3n) is 2.61. The molecule has 2 rings (SSSR count). The Kier molecular flexibility index (Phi) is 4.15. The number of hydrogen-bond acceptors (Lipinski definition) is 4. The minimum absolute atomic E-state index is 0.514. The standard InChI is InChI=1S/C12H16ClN5/c1-3-4-10-17-11(13)8(2)12(18-10)15-6-9-5-14-7-16-9/h5,7H,3-4,6H2,1-2H3,(H,14,16)(H,15,17,18). The molecule has 96 valence electrons. The number of H-pyrrole nitrogens is 1. The Bertz CT molecular complexity index is 509. The van der Waals surface area contributed by atoms with Gasteiger partial charge < -0.3 is 10.3 Å². The third-order valence-corrected chi connectivity index (χ3v) is 2.98. The lowest BCUT2D eigenvalue weighted by Crippen LogP contribution is -2.07. The van der Waals surface area contributed by atoms with Crippen LogP contribution >= 0.6 is 11.6 Å². The van der Waals surface area contributed by atoms with Gasteiger partial charge in [0, 0.05) is 18.2 Å². The molecule has 5 nitrogen and oxygen atoms in total. The summed E-state index contributed by atoms with van der Waals surface area (Å²) in [5.74, 6) is 1.56. The molecule has 6 heteroatoms. The van der Waals surface area contributed by atoms with E-state index in [9.17, 15) is 0 Å². The number of nitrogens with zero attached hydrogens (tertiary/aromatic N) is 3. The van der Waals surface area contributed by atoms with Crippen LogP contribution in [0.2, 0.25) is 5.15 Å². The van der Waals surface area contributed by atoms with E-state index in [0.29, 0.717) is 11.7 Å². The molecule has 2 aromatic rings. The van der Waals surface area contributed by atoms with Crippen molar-refractivity contribution in [2.45, 2.75) is 33.2 Å². The Labute approximate surface area is 111 Å². The van der Waals surface area contributed by atoms with Crippen LogP contribution in [-0.4, -0.2) is 19.9 Å². The van der Waals surface area contributed by atoms with Crippen molar-refractivity contribution in [3.63, 3.8) is 0 Å². The van der Waals surface area contributed by atoms with Crippen LogP contribution in [0.5, 0.6) is 0 Å². The van der Waals surface area contributed by atoms with Crippen molar-refractivity contribution in [3.8, 4) is 0 Å². The SMILES string of the molecule is CCCc1nc(Cl)c(C)c(NCc2cnc[nH]2)n1. The first-order valence-electron chi connectivity index (χ1n) is 5.94. The number of nitrogens with one attached hydrogen (secondary N) is 2. The van der Waals surface area contributed by atoms with Crippen molar-refractivity contribution in [1.29, 1.82) is 0 Å². The Hall–Kier alpha value is -1.62. The molecule has 0 atom stereocenters. The van der Waals surface area contributed by atoms with Crippen LogP contribution in [0.15, 0.2) is 12.5 Å². The number of anilines is 1. The maximum absolute atomic E-state index is 6.10. The van der Waals surface area contributed by atoms with E-state index in [-0.39, 0.29) is 0 Å². The van der Waals surface area contributed by atoms with E-state index in [1.165, 1.54) is 0 Å². The minimum Gasteiger partial charge on any atom is -0.364 e. The van der Waals surface area contributed by atoms with Crippen LogP contribution in [0.4, 0.5) is 5.82 Å². The molecule has 0 aliphatic carbocycles. The molecule has 2 N–H and O–H groups in total. The molecular formula is C12H16ClN5. The number of aromatic amines is 1. The lowest BCUT2D eigenvalue weighted by atomic mass is 10.3. The maximum atomic E-state index is 6.10. The van der Waals surface area contributed by atoms with Gasteiger partial charge in [-0.1, -0.05) is 18.5 Å². The lowest BCUT2D eigenvalue weighted by molar-refractivity contribution is 0.829. The summed E-state index contributed by atoms with van der Waals surface area (Å²) in [7, 11) is 0. The summed E-state index contributed by atoms with van der Waals surface area (Å²) in [6.07, 6.45) is 5.26. The summed E-state index contributed by atoms with van der Waals surface area (Å²) in [5.41, 5.74) is 1.87. The van der Waals surface area contributed by atoms with E-state index in [2.05, 4.69) is 32.2 Å². The largest absolute Gasteiger partial charge is 0.364 e. The lowest BCUT2D eigenvalue weighted by Gasteiger charge is -2.10. The molecule has 0 bridgehead atoms. The first kappa shape index (κ1) is 12.8. The number of aromatic nitrogens is 4. The molecule has 0 fully saturated rings. The number of hydrogen-bond donors (Lipinski definition) is 2. The topological polar surface area (TPSA) is 66.5 Å². The summed E-state index contributed by atoms with van der Waals surface area (Å²) in [5, 5.41) is 3.76. The van der Waals surface area contributed by atoms with Gasteiger partial charge in [0.05, 0.1) is 18.6 Å². The Morgan fingerprint density at radius 3 is 2.89 bits per heavy atom. The zero-order valence-corrected chi connectivity index (χ0v) is 11.3. The molecule has 0 saturated carbocycles. The number of halogens is 1. The van der Waals surface area contributed by atoms with Gasteiger partial charge in [-0.15, -0.1) is 0 Å². The van der Waals surface area contributed by atoms with Crippen molar-refractivity contribution in [3.05, 3.63) is 34.8 Å². The maximum Gasteiger partial charge on any atom is 0.137 e. The monoisotopic (exact) mass is 265 g/mol. The highest BCUT2D eigenvalue weighted by Gasteiger charge is 2.08. The van der Waals surface area contributed by atoms with Crippen molar-refractivity contribution in [1.82, 2.24) is 19.9 Å². The van der Waals surface area contributed by atoms with E-state index < -0.39 is 0 Å². The smallest absolute Gasteiger partial charge is 0.137 e. The predicted octanol–water partition coefficient (Wildman–Crippen LogP) is 2.73. The fraction of sp³-hybridized carbons (Fsp3) is 0.417. The molecule has 2 aromatic heterocycles. The Balaban J connectivity index is 2.15. The van der Waals surface area contributed by atoms with Crippen LogP contribution in [-0.2, 0) is 13.0 Å². The molecular weight excluding hydrogens is 250 g/mol. The summed E-state index contributed by atoms with van der Waals surface area (Å²) in [6.45, 7) is 4.64. The van der Waals surface area contributed by atoms with Crippen LogP contribution < -0.4 is 5.32 Å². The molecule has 0 aliphatic heterocycles. The average molecular weight is 266 g/mol. The summed E-state index contributed by atoms with van der Waals surface area (Å²) in [4.78, 5) is 15.7. The van der Waals surface area contributed by atoms with Crippen LogP contribution in [0.1, 0.15) is 30.4 Å². The van der Waals surface area contributed by atoms with Gasteiger partial charge in [-0.2, -0.15) is 0 Å². The zero-order valence-electron chi connectivity index (χ0n) is 10.5. The van der Waals surface area contributed by atoms with Crippen LogP contribution in [0.3, 0.4) is 0 Å². The fourth-order valence-corrected chi connectivity index (χ4v) is 1.79. The number of imidazole rings is 1. The summed E-state index contributed by atoms with van der Waals surface area (Å²) >= 11 is 6.10. The normalized spacial score (nSPS) is 10.6. The van der Waals surface area contributed by atoms with Gasteiger partial charge in [-0.25, -0.2) is 15.0 Å². The minimum atomic E-state index is 0.514. The quantitative estimate of drug-likeness (QED) is 0.816.